The third-order valence-corrected chi connectivity index (χ3v) is 2.88. The van der Waals surface area contributed by atoms with Gasteiger partial charge in [-0.25, -0.2) is 0 Å². The molecule has 82 valence electrons. The van der Waals surface area contributed by atoms with E-state index in [9.17, 15) is 5.11 Å². The first-order valence-corrected chi connectivity index (χ1v) is 5.67. The van der Waals surface area contributed by atoms with Gasteiger partial charge in [-0.2, -0.15) is 0 Å². The van der Waals surface area contributed by atoms with E-state index in [1.54, 1.807) is 6.92 Å². The number of hydrogen-bond donors (Lipinski definition) is 1. The summed E-state index contributed by atoms with van der Waals surface area (Å²) in [7, 11) is 0. The fraction of sp³-hybridized carbons (Fsp3) is 0.500. The topological polar surface area (TPSA) is 29.5 Å². The van der Waals surface area contributed by atoms with Crippen LogP contribution in [0.5, 0.6) is 5.75 Å². The zero-order chi connectivity index (χ0) is 10.8. The lowest BCUT2D eigenvalue weighted by atomic mass is 10.0. The largest absolute Gasteiger partial charge is 0.493 e. The Kier molecular flexibility index (Phi) is 3.17. The van der Waals surface area contributed by atoms with Crippen LogP contribution >= 0.6 is 11.6 Å². The number of fused-ring (bicyclic) bond motifs is 1. The first-order chi connectivity index (χ1) is 7.16. The van der Waals surface area contributed by atoms with Crippen molar-refractivity contribution < 1.29 is 9.84 Å². The molecule has 0 amide bonds. The van der Waals surface area contributed by atoms with E-state index in [1.807, 2.05) is 12.1 Å². The van der Waals surface area contributed by atoms with Crippen LogP contribution in [0.1, 0.15) is 24.5 Å². The maximum Gasteiger partial charge on any atom is 0.125 e. The van der Waals surface area contributed by atoms with Gasteiger partial charge in [0.1, 0.15) is 5.75 Å². The van der Waals surface area contributed by atoms with Gasteiger partial charge in [-0.15, -0.1) is 0 Å². The maximum atomic E-state index is 9.26. The predicted molar refractivity (Wildman–Crippen MR) is 60.7 cm³/mol. The molecule has 1 unspecified atom stereocenters. The second kappa shape index (κ2) is 4.42. The quantitative estimate of drug-likeness (QED) is 0.859. The summed E-state index contributed by atoms with van der Waals surface area (Å²) < 4.78 is 5.58. The molecule has 0 spiro atoms. The molecule has 1 aliphatic rings. The summed E-state index contributed by atoms with van der Waals surface area (Å²) in [5.41, 5.74) is 2.32. The molecule has 2 nitrogen and oxygen atoms in total. The van der Waals surface area contributed by atoms with Gasteiger partial charge in [0.05, 0.1) is 12.7 Å². The van der Waals surface area contributed by atoms with Crippen molar-refractivity contribution in [3.05, 3.63) is 28.3 Å². The van der Waals surface area contributed by atoms with E-state index in [2.05, 4.69) is 0 Å². The van der Waals surface area contributed by atoms with Crippen molar-refractivity contribution in [2.45, 2.75) is 32.3 Å². The summed E-state index contributed by atoms with van der Waals surface area (Å²) in [6.45, 7) is 2.54. The molecule has 1 aliphatic heterocycles. The zero-order valence-corrected chi connectivity index (χ0v) is 9.55. The number of aryl methyl sites for hydroxylation is 1. The highest BCUT2D eigenvalue weighted by atomic mass is 35.5. The highest BCUT2D eigenvalue weighted by Gasteiger charge is 2.17. The van der Waals surface area contributed by atoms with Gasteiger partial charge in [0.25, 0.3) is 0 Å². The second-order valence-electron chi connectivity index (χ2n) is 4.04. The third-order valence-electron chi connectivity index (χ3n) is 2.66. The van der Waals surface area contributed by atoms with E-state index >= 15 is 0 Å². The molecular weight excluding hydrogens is 212 g/mol. The van der Waals surface area contributed by atoms with Gasteiger partial charge in [-0.1, -0.05) is 11.6 Å². The fourth-order valence-corrected chi connectivity index (χ4v) is 2.16. The van der Waals surface area contributed by atoms with E-state index in [0.717, 1.165) is 42.2 Å². The molecule has 0 radical (unpaired) electrons. The van der Waals surface area contributed by atoms with Crippen LogP contribution in [0.2, 0.25) is 5.02 Å². The smallest absolute Gasteiger partial charge is 0.125 e. The Labute approximate surface area is 94.8 Å². The van der Waals surface area contributed by atoms with Crippen LogP contribution in [0, 0.1) is 0 Å². The van der Waals surface area contributed by atoms with Gasteiger partial charge in [0.2, 0.25) is 0 Å². The predicted octanol–water partition coefficient (Wildman–Crippen LogP) is 2.59. The van der Waals surface area contributed by atoms with Crippen molar-refractivity contribution in [1.82, 2.24) is 0 Å². The molecule has 0 saturated carbocycles. The molecule has 15 heavy (non-hydrogen) atoms. The minimum absolute atomic E-state index is 0.277. The number of hydrogen-bond acceptors (Lipinski definition) is 2. The SMILES string of the molecule is CC(O)CCc1cc(Cl)cc2c1OCC2. The monoisotopic (exact) mass is 226 g/mol. The molecule has 1 aromatic carbocycles. The summed E-state index contributed by atoms with van der Waals surface area (Å²) in [4.78, 5) is 0. The molecule has 1 N–H and O–H groups in total. The van der Waals surface area contributed by atoms with Crippen LogP contribution in [-0.2, 0) is 12.8 Å². The van der Waals surface area contributed by atoms with Crippen LogP contribution in [0.4, 0.5) is 0 Å². The number of rotatable bonds is 3. The minimum Gasteiger partial charge on any atom is -0.493 e. The Morgan fingerprint density at radius 2 is 2.33 bits per heavy atom. The van der Waals surface area contributed by atoms with Crippen LogP contribution < -0.4 is 4.74 Å². The number of halogens is 1. The minimum atomic E-state index is -0.277. The van der Waals surface area contributed by atoms with E-state index in [0.29, 0.717) is 0 Å². The Hall–Kier alpha value is -0.730. The van der Waals surface area contributed by atoms with Gasteiger partial charge in [0.15, 0.2) is 0 Å². The molecule has 3 heteroatoms. The van der Waals surface area contributed by atoms with Crippen molar-refractivity contribution in [2.75, 3.05) is 6.61 Å². The normalized spacial score (nSPS) is 15.9. The van der Waals surface area contributed by atoms with E-state index < -0.39 is 0 Å². The van der Waals surface area contributed by atoms with Crippen molar-refractivity contribution >= 4 is 11.6 Å². The Bertz CT molecular complexity index is 361. The van der Waals surface area contributed by atoms with E-state index in [-0.39, 0.29) is 6.10 Å². The zero-order valence-electron chi connectivity index (χ0n) is 8.79. The summed E-state index contributed by atoms with van der Waals surface area (Å²) in [5, 5.41) is 10.0. The molecule has 1 heterocycles. The maximum absolute atomic E-state index is 9.26. The van der Waals surface area contributed by atoms with Gasteiger partial charge in [-0.05, 0) is 43.0 Å². The number of aliphatic hydroxyl groups excluding tert-OH is 1. The lowest BCUT2D eigenvalue weighted by Crippen LogP contribution is -2.02. The van der Waals surface area contributed by atoms with Gasteiger partial charge < -0.3 is 9.84 Å². The Morgan fingerprint density at radius 3 is 3.07 bits per heavy atom. The number of aliphatic hydroxyl groups is 1. The standard InChI is InChI=1S/C12H15ClO2/c1-8(14)2-3-9-6-11(13)7-10-4-5-15-12(9)10/h6-8,14H,2-5H2,1H3. The number of benzene rings is 1. The van der Waals surface area contributed by atoms with Crippen LogP contribution in [0.15, 0.2) is 12.1 Å². The fourth-order valence-electron chi connectivity index (χ4n) is 1.90. The Balaban J connectivity index is 2.22. The Morgan fingerprint density at radius 1 is 1.53 bits per heavy atom. The van der Waals surface area contributed by atoms with Crippen LogP contribution in [0.25, 0.3) is 0 Å². The van der Waals surface area contributed by atoms with Gasteiger partial charge in [0, 0.05) is 11.4 Å². The molecule has 1 aromatic rings. The second-order valence-corrected chi connectivity index (χ2v) is 4.48. The van der Waals surface area contributed by atoms with Crippen molar-refractivity contribution in [2.24, 2.45) is 0 Å². The summed E-state index contributed by atoms with van der Waals surface area (Å²) in [5.74, 6) is 0.986. The average molecular weight is 227 g/mol. The summed E-state index contributed by atoms with van der Waals surface area (Å²) in [6, 6.07) is 3.91. The summed E-state index contributed by atoms with van der Waals surface area (Å²) in [6.07, 6.45) is 2.23. The molecule has 0 aliphatic carbocycles. The average Bonchev–Trinajstić information content (AvgIpc) is 2.61. The molecule has 2 rings (SSSR count). The van der Waals surface area contributed by atoms with Gasteiger partial charge >= 0.3 is 0 Å². The number of ether oxygens (including phenoxy) is 1. The van der Waals surface area contributed by atoms with Crippen LogP contribution in [0.3, 0.4) is 0 Å². The van der Waals surface area contributed by atoms with E-state index in [1.165, 1.54) is 5.56 Å². The molecule has 0 aromatic heterocycles. The molecule has 0 bridgehead atoms. The highest BCUT2D eigenvalue weighted by Crippen LogP contribution is 2.33. The molecule has 0 fully saturated rings. The summed E-state index contributed by atoms with van der Waals surface area (Å²) >= 11 is 6.03. The molecule has 0 saturated heterocycles. The first-order valence-electron chi connectivity index (χ1n) is 5.29. The molecular formula is C12H15ClO2. The van der Waals surface area contributed by atoms with Crippen molar-refractivity contribution in [3.63, 3.8) is 0 Å². The van der Waals surface area contributed by atoms with Crippen LogP contribution in [-0.4, -0.2) is 17.8 Å². The third kappa shape index (κ3) is 2.44. The lowest BCUT2D eigenvalue weighted by Gasteiger charge is -2.09. The first kappa shape index (κ1) is 10.8. The van der Waals surface area contributed by atoms with Gasteiger partial charge in [-0.3, -0.25) is 0 Å². The molecule has 1 atom stereocenters. The van der Waals surface area contributed by atoms with Crippen molar-refractivity contribution in [1.29, 1.82) is 0 Å². The van der Waals surface area contributed by atoms with Crippen molar-refractivity contribution in [3.8, 4) is 5.75 Å². The highest BCUT2D eigenvalue weighted by molar-refractivity contribution is 6.30. The van der Waals surface area contributed by atoms with E-state index in [4.69, 9.17) is 16.3 Å². The lowest BCUT2D eigenvalue weighted by molar-refractivity contribution is 0.184.